The highest BCUT2D eigenvalue weighted by molar-refractivity contribution is 5.76. The van der Waals surface area contributed by atoms with Crippen LogP contribution in [0, 0.1) is 18.7 Å². The Labute approximate surface area is 140 Å². The van der Waals surface area contributed by atoms with Crippen molar-refractivity contribution in [3.63, 3.8) is 0 Å². The summed E-state index contributed by atoms with van der Waals surface area (Å²) >= 11 is 0. The first kappa shape index (κ1) is 17.8. The molecule has 0 spiro atoms. The van der Waals surface area contributed by atoms with Crippen molar-refractivity contribution in [1.82, 2.24) is 15.1 Å². The maximum absolute atomic E-state index is 13.0. The van der Waals surface area contributed by atoms with Crippen LogP contribution in [0.2, 0.25) is 0 Å². The largest absolute Gasteiger partial charge is 0.351 e. The minimum atomic E-state index is -0.310. The van der Waals surface area contributed by atoms with Crippen molar-refractivity contribution in [2.45, 2.75) is 39.8 Å². The molecule has 0 bridgehead atoms. The van der Waals surface area contributed by atoms with E-state index < -0.39 is 0 Å². The highest BCUT2D eigenvalue weighted by Crippen LogP contribution is 2.11. The number of benzene rings is 1. The quantitative estimate of drug-likeness (QED) is 0.881. The van der Waals surface area contributed by atoms with Crippen LogP contribution in [0.1, 0.15) is 25.1 Å². The summed E-state index contributed by atoms with van der Waals surface area (Å²) in [6.45, 7) is 5.66. The van der Waals surface area contributed by atoms with Crippen LogP contribution in [0.25, 0.3) is 0 Å². The van der Waals surface area contributed by atoms with E-state index in [0.29, 0.717) is 12.1 Å². The monoisotopic (exact) mass is 331 g/mol. The van der Waals surface area contributed by atoms with Crippen molar-refractivity contribution in [3.8, 4) is 0 Å². The number of amides is 1. The highest BCUT2D eigenvalue weighted by atomic mass is 19.1. The van der Waals surface area contributed by atoms with Gasteiger partial charge < -0.3 is 5.32 Å². The van der Waals surface area contributed by atoms with E-state index in [-0.39, 0.29) is 35.8 Å². The van der Waals surface area contributed by atoms with Gasteiger partial charge in [-0.25, -0.2) is 9.07 Å². The Bertz CT molecular complexity index is 754. The van der Waals surface area contributed by atoms with Crippen LogP contribution in [-0.4, -0.2) is 21.7 Å². The lowest BCUT2D eigenvalue weighted by Crippen LogP contribution is -2.43. The minimum Gasteiger partial charge on any atom is -0.351 e. The zero-order valence-corrected chi connectivity index (χ0v) is 14.1. The number of carbonyl (C=O) groups is 1. The standard InChI is InChI=1S/C18H22FN3O2/c1-12(2)16(10-14-5-7-15(19)8-6-14)20-17(23)11-22-18(24)9-4-13(3)21-22/h4-9,12,16H,10-11H2,1-3H3,(H,20,23)/t16-/m1/s1. The average molecular weight is 331 g/mol. The van der Waals surface area contributed by atoms with Gasteiger partial charge in [-0.15, -0.1) is 0 Å². The number of hydrogen-bond acceptors (Lipinski definition) is 3. The molecule has 0 fully saturated rings. The molecule has 0 unspecified atom stereocenters. The molecule has 1 aromatic heterocycles. The Kier molecular flexibility index (Phi) is 5.84. The molecule has 5 nitrogen and oxygen atoms in total. The predicted octanol–water partition coefficient (Wildman–Crippen LogP) is 2.07. The van der Waals surface area contributed by atoms with Crippen molar-refractivity contribution in [3.05, 3.63) is 63.8 Å². The van der Waals surface area contributed by atoms with Crippen LogP contribution in [0.4, 0.5) is 4.39 Å². The van der Waals surface area contributed by atoms with Crippen LogP contribution in [0.15, 0.2) is 41.2 Å². The lowest BCUT2D eigenvalue weighted by Gasteiger charge is -2.22. The van der Waals surface area contributed by atoms with Gasteiger partial charge in [-0.1, -0.05) is 26.0 Å². The van der Waals surface area contributed by atoms with Crippen molar-refractivity contribution >= 4 is 5.91 Å². The van der Waals surface area contributed by atoms with Crippen molar-refractivity contribution in [2.75, 3.05) is 0 Å². The van der Waals surface area contributed by atoms with Gasteiger partial charge in [-0.3, -0.25) is 9.59 Å². The second-order valence-electron chi connectivity index (χ2n) is 6.22. The Morgan fingerprint density at radius 1 is 1.21 bits per heavy atom. The number of nitrogens with zero attached hydrogens (tertiary/aromatic N) is 2. The molecule has 2 aromatic rings. The summed E-state index contributed by atoms with van der Waals surface area (Å²) in [7, 11) is 0. The van der Waals surface area contributed by atoms with E-state index >= 15 is 0 Å². The van der Waals surface area contributed by atoms with Gasteiger partial charge in [-0.2, -0.15) is 5.10 Å². The summed E-state index contributed by atoms with van der Waals surface area (Å²) in [4.78, 5) is 24.0. The van der Waals surface area contributed by atoms with E-state index in [1.54, 1.807) is 25.1 Å². The smallest absolute Gasteiger partial charge is 0.267 e. The van der Waals surface area contributed by atoms with Gasteiger partial charge in [0.05, 0.1) is 5.69 Å². The third-order valence-corrected chi connectivity index (χ3v) is 3.81. The summed E-state index contributed by atoms with van der Waals surface area (Å²) in [5, 5.41) is 7.00. The number of nitrogens with one attached hydrogen (secondary N) is 1. The lowest BCUT2D eigenvalue weighted by atomic mass is 9.96. The fourth-order valence-electron chi connectivity index (χ4n) is 2.38. The maximum atomic E-state index is 13.0. The second kappa shape index (κ2) is 7.86. The van der Waals surface area contributed by atoms with E-state index in [4.69, 9.17) is 0 Å². The third-order valence-electron chi connectivity index (χ3n) is 3.81. The van der Waals surface area contributed by atoms with Crippen LogP contribution in [0.5, 0.6) is 0 Å². The van der Waals surface area contributed by atoms with E-state index in [1.807, 2.05) is 13.8 Å². The molecule has 0 saturated carbocycles. The van der Waals surface area contributed by atoms with Crippen molar-refractivity contribution in [2.24, 2.45) is 5.92 Å². The molecule has 24 heavy (non-hydrogen) atoms. The molecule has 6 heteroatoms. The first-order chi connectivity index (χ1) is 11.3. The molecule has 1 atom stereocenters. The molecule has 0 aliphatic carbocycles. The zero-order chi connectivity index (χ0) is 17.7. The van der Waals surface area contributed by atoms with Gasteiger partial charge >= 0.3 is 0 Å². The minimum absolute atomic E-state index is 0.108. The van der Waals surface area contributed by atoms with Gasteiger partial charge in [-0.05, 0) is 43.0 Å². The molecule has 2 rings (SSSR count). The molecule has 1 aromatic carbocycles. The molecule has 0 radical (unpaired) electrons. The molecule has 1 N–H and O–H groups in total. The van der Waals surface area contributed by atoms with E-state index in [2.05, 4.69) is 10.4 Å². The summed E-state index contributed by atoms with van der Waals surface area (Å²) in [5.74, 6) is -0.356. The van der Waals surface area contributed by atoms with Crippen LogP contribution in [-0.2, 0) is 17.8 Å². The number of hydrogen-bond donors (Lipinski definition) is 1. The number of rotatable bonds is 6. The van der Waals surface area contributed by atoms with Crippen LogP contribution >= 0.6 is 0 Å². The number of aromatic nitrogens is 2. The summed E-state index contributed by atoms with van der Waals surface area (Å²) in [6.07, 6.45) is 0.597. The third kappa shape index (κ3) is 5.01. The molecular formula is C18H22FN3O2. The molecule has 1 amide bonds. The molecule has 0 saturated heterocycles. The normalized spacial score (nSPS) is 12.2. The summed E-state index contributed by atoms with van der Waals surface area (Å²) < 4.78 is 14.1. The van der Waals surface area contributed by atoms with E-state index in [1.165, 1.54) is 18.2 Å². The first-order valence-corrected chi connectivity index (χ1v) is 7.93. The Hall–Kier alpha value is -2.50. The fraction of sp³-hybridized carbons (Fsp3) is 0.389. The number of carbonyl (C=O) groups excluding carboxylic acids is 1. The number of halogens is 1. The Morgan fingerprint density at radius 3 is 2.50 bits per heavy atom. The van der Waals surface area contributed by atoms with E-state index in [9.17, 15) is 14.0 Å². The van der Waals surface area contributed by atoms with Gasteiger partial charge in [0.25, 0.3) is 5.56 Å². The highest BCUT2D eigenvalue weighted by Gasteiger charge is 2.17. The molecule has 0 aliphatic rings. The second-order valence-corrected chi connectivity index (χ2v) is 6.22. The fourth-order valence-corrected chi connectivity index (χ4v) is 2.38. The summed E-state index contributed by atoms with van der Waals surface area (Å²) in [6, 6.07) is 9.14. The molecule has 128 valence electrons. The van der Waals surface area contributed by atoms with Gasteiger partial charge in [0.1, 0.15) is 12.4 Å². The lowest BCUT2D eigenvalue weighted by molar-refractivity contribution is -0.122. The summed E-state index contributed by atoms with van der Waals surface area (Å²) in [5.41, 5.74) is 1.31. The maximum Gasteiger partial charge on any atom is 0.267 e. The first-order valence-electron chi connectivity index (χ1n) is 7.93. The molecule has 1 heterocycles. The van der Waals surface area contributed by atoms with Gasteiger partial charge in [0.15, 0.2) is 0 Å². The zero-order valence-electron chi connectivity index (χ0n) is 14.1. The van der Waals surface area contributed by atoms with Gasteiger partial charge in [0, 0.05) is 12.1 Å². The van der Waals surface area contributed by atoms with E-state index in [0.717, 1.165) is 10.2 Å². The predicted molar refractivity (Wildman–Crippen MR) is 90.1 cm³/mol. The topological polar surface area (TPSA) is 64.0 Å². The van der Waals surface area contributed by atoms with Crippen molar-refractivity contribution in [1.29, 1.82) is 0 Å². The molecule has 0 aliphatic heterocycles. The van der Waals surface area contributed by atoms with Crippen molar-refractivity contribution < 1.29 is 9.18 Å². The Balaban J connectivity index is 2.04. The van der Waals surface area contributed by atoms with Crippen LogP contribution < -0.4 is 10.9 Å². The average Bonchev–Trinajstić information content (AvgIpc) is 2.52. The number of aryl methyl sites for hydroxylation is 1. The SMILES string of the molecule is Cc1ccc(=O)n(CC(=O)N[C@H](Cc2ccc(F)cc2)C(C)C)n1. The Morgan fingerprint density at radius 2 is 1.88 bits per heavy atom. The molecular weight excluding hydrogens is 309 g/mol. The van der Waals surface area contributed by atoms with Gasteiger partial charge in [0.2, 0.25) is 5.91 Å². The van der Waals surface area contributed by atoms with Crippen LogP contribution in [0.3, 0.4) is 0 Å².